The van der Waals surface area contributed by atoms with Crippen LogP contribution in [0.5, 0.6) is 11.5 Å². The summed E-state index contributed by atoms with van der Waals surface area (Å²) in [6.45, 7) is 1.57. The molecule has 0 fully saturated rings. The van der Waals surface area contributed by atoms with Crippen LogP contribution in [-0.2, 0) is 6.18 Å². The number of pyridine rings is 1. The first-order valence-corrected chi connectivity index (χ1v) is 9.47. The summed E-state index contributed by atoms with van der Waals surface area (Å²) < 4.78 is 56.4. The minimum absolute atomic E-state index is 0.0258. The van der Waals surface area contributed by atoms with Gasteiger partial charge in [0, 0.05) is 11.6 Å². The van der Waals surface area contributed by atoms with Crippen LogP contribution in [0.1, 0.15) is 27.2 Å². The number of nitriles is 1. The van der Waals surface area contributed by atoms with E-state index in [1.54, 1.807) is 6.92 Å². The number of ether oxygens (including phenoxy) is 2. The van der Waals surface area contributed by atoms with Crippen LogP contribution in [-0.4, -0.2) is 23.2 Å². The van der Waals surface area contributed by atoms with Gasteiger partial charge in [0.2, 0.25) is 0 Å². The summed E-state index contributed by atoms with van der Waals surface area (Å²) >= 11 is 0. The van der Waals surface area contributed by atoms with Gasteiger partial charge in [-0.1, -0.05) is 23.4 Å². The number of methoxy groups -OCH3 is 1. The summed E-state index contributed by atoms with van der Waals surface area (Å²) in [4.78, 5) is 17.3. The van der Waals surface area contributed by atoms with E-state index in [-0.39, 0.29) is 39.4 Å². The van der Waals surface area contributed by atoms with Crippen molar-refractivity contribution in [3.8, 4) is 28.8 Å². The Morgan fingerprint density at radius 3 is 2.58 bits per heavy atom. The van der Waals surface area contributed by atoms with Gasteiger partial charge in [0.15, 0.2) is 11.5 Å². The minimum Gasteiger partial charge on any atom is -0.493 e. The molecule has 7 nitrogen and oxygen atoms in total. The molecule has 0 aliphatic carbocycles. The molecular weight excluding hydrogens is 439 g/mol. The fraction of sp³-hybridized carbons (Fsp3) is 0.130. The maximum atomic E-state index is 13.6. The molecular formula is C23H14F3N3O4. The molecule has 0 N–H and O–H groups in total. The van der Waals surface area contributed by atoms with E-state index in [0.717, 1.165) is 6.07 Å². The number of aryl methyl sites for hydroxylation is 1. The van der Waals surface area contributed by atoms with Crippen LogP contribution in [0.15, 0.2) is 53.1 Å². The second kappa shape index (κ2) is 8.27. The molecule has 4 aromatic rings. The average Bonchev–Trinajstić information content (AvgIpc) is 3.18. The lowest BCUT2D eigenvalue weighted by Gasteiger charge is -2.13. The number of carbonyl (C=O) groups is 1. The standard InChI is InChI=1S/C23H14F3N3O4/c1-12-20-15(22(30)32-18-8-7-13(11-27)9-19(18)31-2)10-17(28-21(20)33-29-12)14-5-3-4-6-16(14)23(24,25)26/h3-10H,1-2H3. The van der Waals surface area contributed by atoms with Gasteiger partial charge in [-0.2, -0.15) is 18.4 Å². The smallest absolute Gasteiger partial charge is 0.417 e. The van der Waals surface area contributed by atoms with Crippen molar-refractivity contribution in [1.82, 2.24) is 10.1 Å². The topological polar surface area (TPSA) is 98.2 Å². The Kier molecular flexibility index (Phi) is 5.47. The highest BCUT2D eigenvalue weighted by Gasteiger charge is 2.34. The van der Waals surface area contributed by atoms with E-state index < -0.39 is 17.7 Å². The highest BCUT2D eigenvalue weighted by molar-refractivity contribution is 6.05. The molecule has 0 spiro atoms. The monoisotopic (exact) mass is 453 g/mol. The molecule has 2 aromatic carbocycles. The highest BCUT2D eigenvalue weighted by atomic mass is 19.4. The molecule has 0 amide bonds. The number of halogens is 3. The Morgan fingerprint density at radius 2 is 1.88 bits per heavy atom. The first-order chi connectivity index (χ1) is 15.7. The number of carbonyl (C=O) groups excluding carboxylic acids is 1. The van der Waals surface area contributed by atoms with Crippen LogP contribution < -0.4 is 9.47 Å². The third kappa shape index (κ3) is 4.08. The molecule has 0 unspecified atom stereocenters. The third-order valence-electron chi connectivity index (χ3n) is 4.84. The van der Waals surface area contributed by atoms with Crippen molar-refractivity contribution in [3.63, 3.8) is 0 Å². The molecule has 0 saturated carbocycles. The Balaban J connectivity index is 1.85. The van der Waals surface area contributed by atoms with Crippen LogP contribution in [0.2, 0.25) is 0 Å². The van der Waals surface area contributed by atoms with E-state index in [4.69, 9.17) is 19.3 Å². The van der Waals surface area contributed by atoms with Crippen molar-refractivity contribution in [3.05, 3.63) is 70.9 Å². The summed E-state index contributed by atoms with van der Waals surface area (Å²) in [6, 6.07) is 12.2. The van der Waals surface area contributed by atoms with Crippen LogP contribution in [0.25, 0.3) is 22.4 Å². The van der Waals surface area contributed by atoms with Crippen molar-refractivity contribution in [2.24, 2.45) is 0 Å². The molecule has 0 aliphatic rings. The van der Waals surface area contributed by atoms with Gasteiger partial charge in [-0.25, -0.2) is 9.78 Å². The number of benzene rings is 2. The highest BCUT2D eigenvalue weighted by Crippen LogP contribution is 2.38. The van der Waals surface area contributed by atoms with Gasteiger partial charge in [-0.3, -0.25) is 0 Å². The minimum atomic E-state index is -4.64. The van der Waals surface area contributed by atoms with Crippen LogP contribution in [0.3, 0.4) is 0 Å². The van der Waals surface area contributed by atoms with Crippen LogP contribution in [0.4, 0.5) is 13.2 Å². The van der Waals surface area contributed by atoms with Crippen LogP contribution in [0, 0.1) is 18.3 Å². The second-order valence-corrected chi connectivity index (χ2v) is 6.91. The predicted molar refractivity (Wildman–Crippen MR) is 110 cm³/mol. The first-order valence-electron chi connectivity index (χ1n) is 9.47. The van der Waals surface area contributed by atoms with E-state index in [1.165, 1.54) is 49.6 Å². The zero-order chi connectivity index (χ0) is 23.8. The van der Waals surface area contributed by atoms with Gasteiger partial charge in [0.25, 0.3) is 5.71 Å². The lowest BCUT2D eigenvalue weighted by molar-refractivity contribution is -0.137. The van der Waals surface area contributed by atoms with E-state index in [9.17, 15) is 18.0 Å². The van der Waals surface area contributed by atoms with Crippen molar-refractivity contribution >= 4 is 17.1 Å². The molecule has 0 radical (unpaired) electrons. The SMILES string of the molecule is COc1cc(C#N)ccc1OC(=O)c1cc(-c2ccccc2C(F)(F)F)nc2onc(C)c12. The summed E-state index contributed by atoms with van der Waals surface area (Å²) in [7, 11) is 1.34. The first kappa shape index (κ1) is 21.8. The maximum absolute atomic E-state index is 13.6. The van der Waals surface area contributed by atoms with Crippen molar-refractivity contribution in [1.29, 1.82) is 5.26 Å². The number of fused-ring (bicyclic) bond motifs is 1. The lowest BCUT2D eigenvalue weighted by atomic mass is 10.0. The van der Waals surface area contributed by atoms with Crippen molar-refractivity contribution < 1.29 is 32.0 Å². The molecule has 0 saturated heterocycles. The third-order valence-corrected chi connectivity index (χ3v) is 4.84. The number of hydrogen-bond acceptors (Lipinski definition) is 7. The number of nitrogens with zero attached hydrogens (tertiary/aromatic N) is 3. The molecule has 166 valence electrons. The van der Waals surface area contributed by atoms with Gasteiger partial charge in [0.1, 0.15) is 0 Å². The quantitative estimate of drug-likeness (QED) is 0.305. The maximum Gasteiger partial charge on any atom is 0.417 e. The zero-order valence-electron chi connectivity index (χ0n) is 17.2. The fourth-order valence-corrected chi connectivity index (χ4v) is 3.32. The largest absolute Gasteiger partial charge is 0.493 e. The Hall–Kier alpha value is -4.39. The van der Waals surface area contributed by atoms with E-state index >= 15 is 0 Å². The number of hydrogen-bond donors (Lipinski definition) is 0. The molecule has 0 atom stereocenters. The molecule has 0 aliphatic heterocycles. The van der Waals surface area contributed by atoms with Gasteiger partial charge in [-0.05, 0) is 31.2 Å². The van der Waals surface area contributed by atoms with Gasteiger partial charge < -0.3 is 14.0 Å². The molecule has 10 heteroatoms. The molecule has 0 bridgehead atoms. The number of alkyl halides is 3. The molecule has 2 heterocycles. The van der Waals surface area contributed by atoms with E-state index in [1.807, 2.05) is 6.07 Å². The average molecular weight is 453 g/mol. The van der Waals surface area contributed by atoms with Crippen LogP contribution >= 0.6 is 0 Å². The number of esters is 1. The Labute approximate surface area is 185 Å². The lowest BCUT2D eigenvalue weighted by Crippen LogP contribution is -2.12. The molecule has 2 aromatic heterocycles. The van der Waals surface area contributed by atoms with Crippen molar-refractivity contribution in [2.75, 3.05) is 7.11 Å². The van der Waals surface area contributed by atoms with Crippen molar-refractivity contribution in [2.45, 2.75) is 13.1 Å². The van der Waals surface area contributed by atoms with E-state index in [0.29, 0.717) is 11.3 Å². The Morgan fingerprint density at radius 1 is 1.12 bits per heavy atom. The predicted octanol–water partition coefficient (Wildman–Crippen LogP) is 5.32. The van der Waals surface area contributed by atoms with Gasteiger partial charge in [0.05, 0.1) is 46.6 Å². The van der Waals surface area contributed by atoms with Gasteiger partial charge in [-0.15, -0.1) is 0 Å². The fourth-order valence-electron chi connectivity index (χ4n) is 3.32. The van der Waals surface area contributed by atoms with E-state index in [2.05, 4.69) is 10.1 Å². The van der Waals surface area contributed by atoms with Gasteiger partial charge >= 0.3 is 12.1 Å². The molecule has 4 rings (SSSR count). The number of aromatic nitrogens is 2. The number of rotatable bonds is 4. The zero-order valence-corrected chi connectivity index (χ0v) is 17.2. The summed E-state index contributed by atoms with van der Waals surface area (Å²) in [5, 5.41) is 13.0. The summed E-state index contributed by atoms with van der Waals surface area (Å²) in [5.74, 6) is -0.724. The Bertz CT molecular complexity index is 1420. The second-order valence-electron chi connectivity index (χ2n) is 6.91. The molecule has 33 heavy (non-hydrogen) atoms. The summed E-state index contributed by atoms with van der Waals surface area (Å²) in [5.41, 5.74) is -0.874. The normalized spacial score (nSPS) is 11.3. The summed E-state index contributed by atoms with van der Waals surface area (Å²) in [6.07, 6.45) is -4.64.